The molecule has 2 saturated heterocycles. The van der Waals surface area contributed by atoms with E-state index in [4.69, 9.17) is 4.74 Å². The molecular formula is C13H25N3O2. The van der Waals surface area contributed by atoms with Crippen LogP contribution in [0.5, 0.6) is 0 Å². The van der Waals surface area contributed by atoms with E-state index in [0.717, 1.165) is 52.2 Å². The lowest BCUT2D eigenvalue weighted by Gasteiger charge is -2.36. The number of nitrogens with one attached hydrogen (secondary N) is 1. The quantitative estimate of drug-likeness (QED) is 0.809. The van der Waals surface area contributed by atoms with Crippen molar-refractivity contribution in [1.82, 2.24) is 15.1 Å². The highest BCUT2D eigenvalue weighted by Gasteiger charge is 2.26. The number of carbonyl (C=O) groups is 1. The standard InChI is InChI=1S/C13H25N3O2/c1-2-18-13(17)16-7-3-4-12(11-16)10-15-8-5-14-6-9-15/h12,14H,2-11H2,1H3. The van der Waals surface area contributed by atoms with Crippen LogP contribution < -0.4 is 5.32 Å². The van der Waals surface area contributed by atoms with Crippen molar-refractivity contribution in [3.8, 4) is 0 Å². The minimum absolute atomic E-state index is 0.137. The summed E-state index contributed by atoms with van der Waals surface area (Å²) in [7, 11) is 0. The molecule has 0 radical (unpaired) electrons. The Balaban J connectivity index is 1.77. The molecule has 1 unspecified atom stereocenters. The molecule has 5 heteroatoms. The number of hydrogen-bond donors (Lipinski definition) is 1. The topological polar surface area (TPSA) is 44.8 Å². The minimum atomic E-state index is -0.137. The summed E-state index contributed by atoms with van der Waals surface area (Å²) in [5, 5.41) is 3.37. The van der Waals surface area contributed by atoms with Gasteiger partial charge in [0.1, 0.15) is 0 Å². The molecule has 1 N–H and O–H groups in total. The van der Waals surface area contributed by atoms with Crippen molar-refractivity contribution in [3.05, 3.63) is 0 Å². The normalized spacial score (nSPS) is 26.1. The first-order valence-electron chi connectivity index (χ1n) is 7.14. The molecule has 2 fully saturated rings. The Morgan fingerprint density at radius 2 is 2.11 bits per heavy atom. The SMILES string of the molecule is CCOC(=O)N1CCCC(CN2CCNCC2)C1. The molecule has 0 spiro atoms. The zero-order valence-corrected chi connectivity index (χ0v) is 11.4. The molecule has 104 valence electrons. The first kappa shape index (κ1) is 13.6. The molecule has 18 heavy (non-hydrogen) atoms. The monoisotopic (exact) mass is 255 g/mol. The minimum Gasteiger partial charge on any atom is -0.450 e. The number of hydrogen-bond acceptors (Lipinski definition) is 4. The highest BCUT2D eigenvalue weighted by Crippen LogP contribution is 2.18. The van der Waals surface area contributed by atoms with Crippen molar-refractivity contribution >= 4 is 6.09 Å². The first-order valence-corrected chi connectivity index (χ1v) is 7.14. The van der Waals surface area contributed by atoms with Gasteiger partial charge in [0, 0.05) is 45.8 Å². The van der Waals surface area contributed by atoms with Gasteiger partial charge in [0.25, 0.3) is 0 Å². The highest BCUT2D eigenvalue weighted by atomic mass is 16.6. The van der Waals surface area contributed by atoms with Gasteiger partial charge in [-0.25, -0.2) is 4.79 Å². The van der Waals surface area contributed by atoms with E-state index in [2.05, 4.69) is 10.2 Å². The van der Waals surface area contributed by atoms with E-state index in [9.17, 15) is 4.79 Å². The second-order valence-electron chi connectivity index (χ2n) is 5.20. The van der Waals surface area contributed by atoms with E-state index < -0.39 is 0 Å². The van der Waals surface area contributed by atoms with E-state index in [1.54, 1.807) is 0 Å². The summed E-state index contributed by atoms with van der Waals surface area (Å²) < 4.78 is 5.08. The van der Waals surface area contributed by atoms with Crippen LogP contribution in [0.3, 0.4) is 0 Å². The third-order valence-corrected chi connectivity index (χ3v) is 3.77. The zero-order chi connectivity index (χ0) is 12.8. The summed E-state index contributed by atoms with van der Waals surface area (Å²) in [5.41, 5.74) is 0. The maximum Gasteiger partial charge on any atom is 0.409 e. The summed E-state index contributed by atoms with van der Waals surface area (Å²) in [6, 6.07) is 0. The first-order chi connectivity index (χ1) is 8.79. The Kier molecular flexibility index (Phi) is 5.26. The van der Waals surface area contributed by atoms with Crippen molar-refractivity contribution < 1.29 is 9.53 Å². The smallest absolute Gasteiger partial charge is 0.409 e. The van der Waals surface area contributed by atoms with Crippen molar-refractivity contribution in [3.63, 3.8) is 0 Å². The Bertz CT molecular complexity index is 267. The molecule has 2 aliphatic rings. The molecule has 0 aromatic rings. The number of nitrogens with zero attached hydrogens (tertiary/aromatic N) is 2. The molecule has 2 heterocycles. The fourth-order valence-corrected chi connectivity index (χ4v) is 2.85. The van der Waals surface area contributed by atoms with E-state index in [-0.39, 0.29) is 6.09 Å². The second-order valence-corrected chi connectivity index (χ2v) is 5.20. The predicted octanol–water partition coefficient (Wildman–Crippen LogP) is 0.760. The van der Waals surface area contributed by atoms with Crippen molar-refractivity contribution in [1.29, 1.82) is 0 Å². The molecule has 0 aromatic heterocycles. The lowest BCUT2D eigenvalue weighted by molar-refractivity contribution is 0.0789. The molecule has 0 bridgehead atoms. The molecule has 1 amide bonds. The van der Waals surface area contributed by atoms with Gasteiger partial charge in [-0.3, -0.25) is 0 Å². The Labute approximate surface area is 109 Å². The number of piperidine rings is 1. The lowest BCUT2D eigenvalue weighted by atomic mass is 9.97. The van der Waals surface area contributed by atoms with Gasteiger partial charge in [0.05, 0.1) is 6.61 Å². The third-order valence-electron chi connectivity index (χ3n) is 3.77. The number of ether oxygens (including phenoxy) is 1. The van der Waals surface area contributed by atoms with Crippen LogP contribution >= 0.6 is 0 Å². The van der Waals surface area contributed by atoms with Crippen LogP contribution in [0, 0.1) is 5.92 Å². The summed E-state index contributed by atoms with van der Waals surface area (Å²) in [6.07, 6.45) is 2.21. The molecule has 0 saturated carbocycles. The third kappa shape index (κ3) is 3.85. The Morgan fingerprint density at radius 1 is 1.33 bits per heavy atom. The van der Waals surface area contributed by atoms with Gasteiger partial charge in [-0.1, -0.05) is 0 Å². The van der Waals surface area contributed by atoms with Crippen LogP contribution in [-0.2, 0) is 4.74 Å². The average Bonchev–Trinajstić information content (AvgIpc) is 2.40. The Hall–Kier alpha value is -0.810. The van der Waals surface area contributed by atoms with Crippen molar-refractivity contribution in [2.45, 2.75) is 19.8 Å². The van der Waals surface area contributed by atoms with E-state index in [0.29, 0.717) is 12.5 Å². The van der Waals surface area contributed by atoms with Gasteiger partial charge in [0.2, 0.25) is 0 Å². The maximum absolute atomic E-state index is 11.7. The molecule has 1 atom stereocenters. The van der Waals surface area contributed by atoms with Crippen molar-refractivity contribution in [2.75, 3.05) is 52.4 Å². The van der Waals surface area contributed by atoms with E-state index in [1.165, 1.54) is 6.42 Å². The largest absolute Gasteiger partial charge is 0.450 e. The molecular weight excluding hydrogens is 230 g/mol. The molecule has 2 rings (SSSR count). The van der Waals surface area contributed by atoms with E-state index >= 15 is 0 Å². The van der Waals surface area contributed by atoms with Gasteiger partial charge in [-0.15, -0.1) is 0 Å². The van der Waals surface area contributed by atoms with Gasteiger partial charge < -0.3 is 19.9 Å². The summed E-state index contributed by atoms with van der Waals surface area (Å²) in [5.74, 6) is 0.612. The zero-order valence-electron chi connectivity index (χ0n) is 11.4. The van der Waals surface area contributed by atoms with Crippen LogP contribution in [-0.4, -0.2) is 68.3 Å². The van der Waals surface area contributed by atoms with Crippen LogP contribution in [0.1, 0.15) is 19.8 Å². The maximum atomic E-state index is 11.7. The summed E-state index contributed by atoms with van der Waals surface area (Å²) in [6.45, 7) is 9.63. The number of carbonyl (C=O) groups excluding carboxylic acids is 1. The number of likely N-dealkylation sites (tertiary alicyclic amines) is 1. The van der Waals surface area contributed by atoms with Crippen LogP contribution in [0.4, 0.5) is 4.79 Å². The van der Waals surface area contributed by atoms with Gasteiger partial charge >= 0.3 is 6.09 Å². The molecule has 5 nitrogen and oxygen atoms in total. The fraction of sp³-hybridized carbons (Fsp3) is 0.923. The molecule has 0 aromatic carbocycles. The Morgan fingerprint density at radius 3 is 2.83 bits per heavy atom. The van der Waals surface area contributed by atoms with Gasteiger partial charge in [-0.2, -0.15) is 0 Å². The molecule has 0 aliphatic carbocycles. The summed E-state index contributed by atoms with van der Waals surface area (Å²) >= 11 is 0. The molecule has 2 aliphatic heterocycles. The average molecular weight is 255 g/mol. The van der Waals surface area contributed by atoms with Crippen LogP contribution in [0.25, 0.3) is 0 Å². The van der Waals surface area contributed by atoms with Gasteiger partial charge in [-0.05, 0) is 25.7 Å². The van der Waals surface area contributed by atoms with Gasteiger partial charge in [0.15, 0.2) is 0 Å². The summed E-state index contributed by atoms with van der Waals surface area (Å²) in [4.78, 5) is 16.1. The lowest BCUT2D eigenvalue weighted by Crippen LogP contribution is -2.48. The van der Waals surface area contributed by atoms with Crippen LogP contribution in [0.15, 0.2) is 0 Å². The highest BCUT2D eigenvalue weighted by molar-refractivity contribution is 5.67. The van der Waals surface area contributed by atoms with E-state index in [1.807, 2.05) is 11.8 Å². The predicted molar refractivity (Wildman–Crippen MR) is 70.6 cm³/mol. The van der Waals surface area contributed by atoms with Crippen LogP contribution in [0.2, 0.25) is 0 Å². The number of rotatable bonds is 3. The number of piperazine rings is 1. The second kappa shape index (κ2) is 6.95. The number of amides is 1. The fourth-order valence-electron chi connectivity index (χ4n) is 2.85. The van der Waals surface area contributed by atoms with Crippen molar-refractivity contribution in [2.24, 2.45) is 5.92 Å².